The summed E-state index contributed by atoms with van der Waals surface area (Å²) in [5.74, 6) is -0.121. The summed E-state index contributed by atoms with van der Waals surface area (Å²) in [6.07, 6.45) is 4.91. The average molecular weight is 247 g/mol. The van der Waals surface area contributed by atoms with Gasteiger partial charge >= 0.3 is 5.97 Å². The minimum absolute atomic E-state index is 0.0498. The van der Waals surface area contributed by atoms with Crippen LogP contribution in [0.15, 0.2) is 42.9 Å². The lowest BCUT2D eigenvalue weighted by atomic mass is 10.2. The SMILES string of the molecule is O=C(O)CCN1C=COC(c2cccc(O)c2)=C1. The van der Waals surface area contributed by atoms with Crippen LogP contribution in [0.3, 0.4) is 0 Å². The second kappa shape index (κ2) is 5.27. The van der Waals surface area contributed by atoms with Gasteiger partial charge in [-0.1, -0.05) is 12.1 Å². The summed E-state index contributed by atoms with van der Waals surface area (Å²) in [5.41, 5.74) is 0.736. The number of carboxylic acids is 1. The maximum atomic E-state index is 10.5. The van der Waals surface area contributed by atoms with E-state index in [2.05, 4.69) is 0 Å². The summed E-state index contributed by atoms with van der Waals surface area (Å²) in [6, 6.07) is 6.68. The number of aliphatic carboxylic acids is 1. The van der Waals surface area contributed by atoms with E-state index in [4.69, 9.17) is 9.84 Å². The molecule has 18 heavy (non-hydrogen) atoms. The summed E-state index contributed by atoms with van der Waals surface area (Å²) in [5, 5.41) is 18.0. The molecule has 0 saturated carbocycles. The molecule has 0 aromatic heterocycles. The molecule has 0 aliphatic carbocycles. The Morgan fingerprint density at radius 1 is 1.39 bits per heavy atom. The maximum Gasteiger partial charge on any atom is 0.305 e. The molecule has 2 N–H and O–H groups in total. The smallest absolute Gasteiger partial charge is 0.305 e. The van der Waals surface area contributed by atoms with E-state index >= 15 is 0 Å². The first-order valence-corrected chi connectivity index (χ1v) is 5.47. The van der Waals surface area contributed by atoms with Crippen LogP contribution in [0.25, 0.3) is 5.76 Å². The average Bonchev–Trinajstić information content (AvgIpc) is 2.37. The van der Waals surface area contributed by atoms with Crippen LogP contribution in [0.2, 0.25) is 0 Å². The lowest BCUT2D eigenvalue weighted by Crippen LogP contribution is -2.17. The number of benzene rings is 1. The van der Waals surface area contributed by atoms with Gasteiger partial charge in [-0.15, -0.1) is 0 Å². The van der Waals surface area contributed by atoms with Crippen molar-refractivity contribution in [3.63, 3.8) is 0 Å². The Balaban J connectivity index is 2.11. The predicted octanol–water partition coefficient (Wildman–Crippen LogP) is 1.97. The Morgan fingerprint density at radius 3 is 2.94 bits per heavy atom. The largest absolute Gasteiger partial charge is 0.508 e. The molecule has 0 fully saturated rings. The van der Waals surface area contributed by atoms with Crippen molar-refractivity contribution in [3.8, 4) is 5.75 Å². The van der Waals surface area contributed by atoms with Crippen LogP contribution in [-0.2, 0) is 9.53 Å². The molecule has 0 atom stereocenters. The molecule has 0 unspecified atom stereocenters. The van der Waals surface area contributed by atoms with Gasteiger partial charge in [-0.2, -0.15) is 0 Å². The number of carboxylic acid groups (broad SMARTS) is 1. The molecule has 0 amide bonds. The third-order valence-corrected chi connectivity index (χ3v) is 2.44. The lowest BCUT2D eigenvalue weighted by molar-refractivity contribution is -0.137. The molecule has 2 rings (SSSR count). The minimum atomic E-state index is -0.845. The molecule has 5 nitrogen and oxygen atoms in total. The fourth-order valence-corrected chi connectivity index (χ4v) is 1.57. The van der Waals surface area contributed by atoms with Gasteiger partial charge in [0.05, 0.1) is 6.42 Å². The number of nitrogens with zero attached hydrogens (tertiary/aromatic N) is 1. The van der Waals surface area contributed by atoms with E-state index in [-0.39, 0.29) is 12.2 Å². The number of carbonyl (C=O) groups is 1. The maximum absolute atomic E-state index is 10.5. The Morgan fingerprint density at radius 2 is 2.22 bits per heavy atom. The van der Waals surface area contributed by atoms with Crippen molar-refractivity contribution in [1.82, 2.24) is 4.90 Å². The fourth-order valence-electron chi connectivity index (χ4n) is 1.57. The number of ether oxygens (including phenoxy) is 1. The first-order valence-electron chi connectivity index (χ1n) is 5.47. The zero-order chi connectivity index (χ0) is 13.0. The Hall–Kier alpha value is -2.43. The van der Waals surface area contributed by atoms with Crippen LogP contribution in [0.5, 0.6) is 5.75 Å². The van der Waals surface area contributed by atoms with Gasteiger partial charge in [0.15, 0.2) is 0 Å². The number of aromatic hydroxyl groups is 1. The summed E-state index contributed by atoms with van der Waals surface area (Å²) in [6.45, 7) is 0.373. The van der Waals surface area contributed by atoms with Gasteiger partial charge < -0.3 is 19.8 Å². The summed E-state index contributed by atoms with van der Waals surface area (Å²) >= 11 is 0. The van der Waals surface area contributed by atoms with Gasteiger partial charge in [0.25, 0.3) is 0 Å². The minimum Gasteiger partial charge on any atom is -0.508 e. The van der Waals surface area contributed by atoms with Gasteiger partial charge in [0, 0.05) is 24.5 Å². The van der Waals surface area contributed by atoms with Crippen molar-refractivity contribution in [2.24, 2.45) is 0 Å². The zero-order valence-electron chi connectivity index (χ0n) is 9.61. The molecule has 1 aromatic carbocycles. The van der Waals surface area contributed by atoms with Gasteiger partial charge in [0.2, 0.25) is 0 Å². The second-order valence-electron chi connectivity index (χ2n) is 3.83. The Bertz CT molecular complexity index is 507. The van der Waals surface area contributed by atoms with Crippen LogP contribution >= 0.6 is 0 Å². The fraction of sp³-hybridized carbons (Fsp3) is 0.154. The van der Waals surface area contributed by atoms with Crippen molar-refractivity contribution in [2.75, 3.05) is 6.54 Å². The molecule has 0 spiro atoms. The van der Waals surface area contributed by atoms with Crippen molar-refractivity contribution in [1.29, 1.82) is 0 Å². The van der Waals surface area contributed by atoms with Crippen LogP contribution in [0, 0.1) is 0 Å². The molecule has 94 valence electrons. The quantitative estimate of drug-likeness (QED) is 0.851. The summed E-state index contributed by atoms with van der Waals surface area (Å²) < 4.78 is 5.34. The van der Waals surface area contributed by atoms with Crippen LogP contribution in [-0.4, -0.2) is 27.6 Å². The molecule has 1 aliphatic rings. The monoisotopic (exact) mass is 247 g/mol. The predicted molar refractivity (Wildman–Crippen MR) is 65.3 cm³/mol. The van der Waals surface area contributed by atoms with E-state index in [1.165, 1.54) is 6.26 Å². The molecular weight excluding hydrogens is 234 g/mol. The van der Waals surface area contributed by atoms with E-state index in [1.807, 2.05) is 0 Å². The van der Waals surface area contributed by atoms with Crippen molar-refractivity contribution >= 4 is 11.7 Å². The van der Waals surface area contributed by atoms with Crippen LogP contribution in [0.4, 0.5) is 0 Å². The number of hydrogen-bond donors (Lipinski definition) is 2. The van der Waals surface area contributed by atoms with Crippen molar-refractivity contribution in [2.45, 2.75) is 6.42 Å². The highest BCUT2D eigenvalue weighted by molar-refractivity contribution is 5.67. The molecule has 0 saturated heterocycles. The van der Waals surface area contributed by atoms with E-state index < -0.39 is 5.97 Å². The van der Waals surface area contributed by atoms with Crippen molar-refractivity contribution < 1.29 is 19.7 Å². The topological polar surface area (TPSA) is 70.0 Å². The molecule has 1 heterocycles. The van der Waals surface area contributed by atoms with E-state index in [0.29, 0.717) is 12.3 Å². The van der Waals surface area contributed by atoms with E-state index in [9.17, 15) is 9.90 Å². The highest BCUT2D eigenvalue weighted by atomic mass is 16.5. The third kappa shape index (κ3) is 3.04. The van der Waals surface area contributed by atoms with Crippen molar-refractivity contribution in [3.05, 3.63) is 48.5 Å². The first kappa shape index (κ1) is 12.0. The number of phenols is 1. The van der Waals surface area contributed by atoms with Crippen LogP contribution < -0.4 is 0 Å². The number of rotatable bonds is 4. The number of phenolic OH excluding ortho intramolecular Hbond substituents is 1. The molecule has 0 bridgehead atoms. The Kier molecular flexibility index (Phi) is 3.52. The normalized spacial score (nSPS) is 14.0. The third-order valence-electron chi connectivity index (χ3n) is 2.44. The number of hydrogen-bond acceptors (Lipinski definition) is 4. The van der Waals surface area contributed by atoms with E-state index in [1.54, 1.807) is 41.6 Å². The molecule has 1 aliphatic heterocycles. The first-order chi connectivity index (χ1) is 8.65. The molecular formula is C13H13NO4. The summed E-state index contributed by atoms with van der Waals surface area (Å²) in [4.78, 5) is 12.2. The van der Waals surface area contributed by atoms with E-state index in [0.717, 1.165) is 5.56 Å². The van der Waals surface area contributed by atoms with Gasteiger partial charge in [0.1, 0.15) is 17.8 Å². The summed E-state index contributed by atoms with van der Waals surface area (Å²) in [7, 11) is 0. The van der Waals surface area contributed by atoms with Gasteiger partial charge in [-0.3, -0.25) is 4.79 Å². The molecule has 0 radical (unpaired) electrons. The second-order valence-corrected chi connectivity index (χ2v) is 3.83. The molecule has 5 heteroatoms. The van der Waals surface area contributed by atoms with Crippen LogP contribution in [0.1, 0.15) is 12.0 Å². The molecule has 1 aromatic rings. The Labute approximate surface area is 104 Å². The standard InChI is InChI=1S/C13H13NO4/c15-11-3-1-2-10(8-11)12-9-14(6-7-18-12)5-4-13(16)17/h1-3,6-9,15H,4-5H2,(H,16,17). The van der Waals surface area contributed by atoms with Gasteiger partial charge in [-0.05, 0) is 12.1 Å². The highest BCUT2D eigenvalue weighted by Crippen LogP contribution is 2.23. The zero-order valence-corrected chi connectivity index (χ0v) is 9.61. The van der Waals surface area contributed by atoms with Gasteiger partial charge in [-0.25, -0.2) is 0 Å². The lowest BCUT2D eigenvalue weighted by Gasteiger charge is -2.20. The highest BCUT2D eigenvalue weighted by Gasteiger charge is 2.10.